The van der Waals surface area contributed by atoms with Crippen LogP contribution in [0.15, 0.2) is 0 Å². The van der Waals surface area contributed by atoms with Gasteiger partial charge in [0.15, 0.2) is 10.5 Å². The van der Waals surface area contributed by atoms with Crippen molar-refractivity contribution in [3.05, 3.63) is 0 Å². The molecule has 0 spiro atoms. The van der Waals surface area contributed by atoms with E-state index in [2.05, 4.69) is 4.74 Å². The van der Waals surface area contributed by atoms with E-state index in [1.54, 1.807) is 0 Å². The van der Waals surface area contributed by atoms with Crippen molar-refractivity contribution in [2.45, 2.75) is 142 Å². The van der Waals surface area contributed by atoms with E-state index in [1.807, 2.05) is 41.5 Å². The first kappa shape index (κ1) is 56.4. The first-order chi connectivity index (χ1) is 22.5. The Balaban J connectivity index is -0.000000428. The number of carbonyl (C=O) groups excluding carboxylic acids is 4. The number of unbranched alkanes of at least 4 members (excludes halogenated alkanes) is 2. The predicted molar refractivity (Wildman–Crippen MR) is 176 cm³/mol. The molecule has 0 heterocycles. The molecular formula is C32H58Na2O14S2. The average Bonchev–Trinajstić information content (AvgIpc) is 3.00. The van der Waals surface area contributed by atoms with Gasteiger partial charge in [0.05, 0.1) is 39.3 Å². The Morgan fingerprint density at radius 2 is 0.820 bits per heavy atom. The minimum atomic E-state index is -5.02. The molecule has 0 aromatic heterocycles. The molecule has 0 aliphatic carbocycles. The molecule has 0 N–H and O–H groups in total. The fraction of sp³-hybridized carbons (Fsp3) is 0.875. The maximum absolute atomic E-state index is 12.2. The van der Waals surface area contributed by atoms with E-state index in [1.165, 1.54) is 0 Å². The van der Waals surface area contributed by atoms with Crippen LogP contribution >= 0.6 is 0 Å². The van der Waals surface area contributed by atoms with Crippen LogP contribution in [-0.4, -0.2) is 86.7 Å². The summed E-state index contributed by atoms with van der Waals surface area (Å²) in [6.07, 6.45) is 8.31. The molecule has 14 nitrogen and oxygen atoms in total. The monoisotopic (exact) mass is 776 g/mol. The molecule has 0 aliphatic rings. The Labute approximate surface area is 344 Å². The van der Waals surface area contributed by atoms with Gasteiger partial charge < -0.3 is 28.1 Å². The van der Waals surface area contributed by atoms with E-state index in [4.69, 9.17) is 14.2 Å². The van der Waals surface area contributed by atoms with Crippen LogP contribution in [0.2, 0.25) is 0 Å². The summed E-state index contributed by atoms with van der Waals surface area (Å²) >= 11 is 0. The molecule has 0 saturated heterocycles. The zero-order valence-corrected chi connectivity index (χ0v) is 37.2. The van der Waals surface area contributed by atoms with Crippen LogP contribution in [0.25, 0.3) is 0 Å². The van der Waals surface area contributed by atoms with Crippen LogP contribution in [-0.2, 0) is 58.4 Å². The van der Waals surface area contributed by atoms with Gasteiger partial charge in [0.2, 0.25) is 0 Å². The largest absolute Gasteiger partial charge is 1.00 e. The molecule has 0 bridgehead atoms. The van der Waals surface area contributed by atoms with Gasteiger partial charge in [0, 0.05) is 0 Å². The number of hydrogen-bond acceptors (Lipinski definition) is 14. The normalized spacial score (nSPS) is 12.4. The number of esters is 4. The molecule has 0 aromatic rings. The van der Waals surface area contributed by atoms with E-state index < -0.39 is 67.5 Å². The van der Waals surface area contributed by atoms with Gasteiger partial charge in [-0.15, -0.1) is 0 Å². The Bertz CT molecular complexity index is 1120. The van der Waals surface area contributed by atoms with Crippen molar-refractivity contribution < 1.29 is 123 Å². The van der Waals surface area contributed by atoms with Crippen LogP contribution in [0.3, 0.4) is 0 Å². The molecule has 0 saturated carbocycles. The number of carbonyl (C=O) groups is 4. The molecule has 18 heteroatoms. The standard InChI is InChI=1S/C20H38O7S.C12H22O7S.2Na/c1-5-9-16(10-6-2)14-26-19(21)13-18(28(23,24)25)20(22)27-15-17(11-7-3)12-8-4;1-3-5-7-18-11(13)9-10(20(15,16)17)12(14)19-8-6-4-2;;/h16-18H,5-15H2,1-4H3,(H,23,24,25);10H,3-9H2,1-2H3,(H,15,16,17);;/q;;2*+1/p-2. The summed E-state index contributed by atoms with van der Waals surface area (Å²) in [5, 5.41) is -4.09. The Morgan fingerprint density at radius 3 is 1.16 bits per heavy atom. The second-order valence-corrected chi connectivity index (χ2v) is 14.8. The molecule has 0 amide bonds. The molecule has 0 radical (unpaired) electrons. The van der Waals surface area contributed by atoms with Gasteiger partial charge >= 0.3 is 83.0 Å². The minimum absolute atomic E-state index is 0. The predicted octanol–water partition coefficient (Wildman–Crippen LogP) is -1.21. The molecule has 2 atom stereocenters. The SMILES string of the molecule is CCCC(CCC)COC(=O)CC(C(=O)OCC(CCC)CCC)S(=O)(=O)[O-].CCCCOC(=O)CC(C(=O)OCCCC)S(=O)(=O)[O-].[Na+].[Na+]. The van der Waals surface area contributed by atoms with E-state index in [-0.39, 0.29) is 97.4 Å². The van der Waals surface area contributed by atoms with E-state index in [0.717, 1.165) is 64.2 Å². The Hall–Kier alpha value is -0.300. The van der Waals surface area contributed by atoms with Crippen molar-refractivity contribution in [3.63, 3.8) is 0 Å². The summed E-state index contributed by atoms with van der Waals surface area (Å²) in [5.41, 5.74) is 0. The summed E-state index contributed by atoms with van der Waals surface area (Å²) in [7, 11) is -9.97. The van der Waals surface area contributed by atoms with Crippen LogP contribution in [0, 0.1) is 11.8 Å². The molecular weight excluding hydrogens is 718 g/mol. The fourth-order valence-corrected chi connectivity index (χ4v) is 5.81. The number of hydrogen-bond donors (Lipinski definition) is 0. The smallest absolute Gasteiger partial charge is 0.747 e. The van der Waals surface area contributed by atoms with Crippen LogP contribution in [0.4, 0.5) is 0 Å². The van der Waals surface area contributed by atoms with Gasteiger partial charge in [-0.05, 0) is 50.4 Å². The quantitative estimate of drug-likeness (QED) is 0.0331. The first-order valence-electron chi connectivity index (χ1n) is 17.1. The minimum Gasteiger partial charge on any atom is -0.747 e. The maximum Gasteiger partial charge on any atom is 1.00 e. The molecule has 0 fully saturated rings. The van der Waals surface area contributed by atoms with Crippen LogP contribution in [0.1, 0.15) is 131 Å². The van der Waals surface area contributed by atoms with Crippen LogP contribution < -0.4 is 59.1 Å². The van der Waals surface area contributed by atoms with Gasteiger partial charge in [-0.25, -0.2) is 16.8 Å². The maximum atomic E-state index is 12.2. The summed E-state index contributed by atoms with van der Waals surface area (Å²) in [6.45, 7) is 12.2. The van der Waals surface area contributed by atoms with Gasteiger partial charge in [-0.1, -0.05) is 80.1 Å². The Kier molecular flexibility index (Phi) is 37.6. The fourth-order valence-electron chi connectivity index (χ4n) is 4.53. The molecule has 0 aromatic carbocycles. The second kappa shape index (κ2) is 33.3. The molecule has 0 aliphatic heterocycles. The average molecular weight is 777 g/mol. The van der Waals surface area contributed by atoms with Crippen molar-refractivity contribution in [3.8, 4) is 0 Å². The number of ether oxygens (including phenoxy) is 4. The summed E-state index contributed by atoms with van der Waals surface area (Å²) in [6, 6.07) is 0. The molecule has 50 heavy (non-hydrogen) atoms. The zero-order valence-electron chi connectivity index (χ0n) is 31.6. The van der Waals surface area contributed by atoms with Crippen molar-refractivity contribution in [2.75, 3.05) is 26.4 Å². The summed E-state index contributed by atoms with van der Waals surface area (Å²) in [5.74, 6) is -3.81. The zero-order chi connectivity index (χ0) is 37.2. The van der Waals surface area contributed by atoms with Gasteiger partial charge in [-0.3, -0.25) is 19.2 Å². The van der Waals surface area contributed by atoms with E-state index in [9.17, 15) is 45.1 Å². The van der Waals surface area contributed by atoms with E-state index in [0.29, 0.717) is 12.8 Å². The molecule has 2 unspecified atom stereocenters. The summed E-state index contributed by atoms with van der Waals surface area (Å²) < 4.78 is 87.1. The van der Waals surface area contributed by atoms with Gasteiger partial charge in [0.25, 0.3) is 0 Å². The van der Waals surface area contributed by atoms with Crippen molar-refractivity contribution in [1.29, 1.82) is 0 Å². The third-order valence-electron chi connectivity index (χ3n) is 7.16. The van der Waals surface area contributed by atoms with Crippen molar-refractivity contribution in [1.82, 2.24) is 0 Å². The summed E-state index contributed by atoms with van der Waals surface area (Å²) in [4.78, 5) is 47.1. The first-order valence-corrected chi connectivity index (χ1v) is 20.0. The van der Waals surface area contributed by atoms with Gasteiger partial charge in [0.1, 0.15) is 20.2 Å². The third-order valence-corrected chi connectivity index (χ3v) is 9.27. The topological polar surface area (TPSA) is 220 Å². The number of rotatable bonds is 26. The molecule has 284 valence electrons. The van der Waals surface area contributed by atoms with Gasteiger partial charge in [-0.2, -0.15) is 0 Å². The van der Waals surface area contributed by atoms with Crippen LogP contribution in [0.5, 0.6) is 0 Å². The Morgan fingerprint density at radius 1 is 0.500 bits per heavy atom. The third kappa shape index (κ3) is 29.2. The second-order valence-electron chi connectivity index (χ2n) is 11.7. The van der Waals surface area contributed by atoms with Crippen molar-refractivity contribution >= 4 is 44.1 Å². The van der Waals surface area contributed by atoms with E-state index >= 15 is 0 Å². The molecule has 0 rings (SSSR count). The van der Waals surface area contributed by atoms with Crippen molar-refractivity contribution in [2.24, 2.45) is 11.8 Å².